The Balaban J connectivity index is 1.84. The van der Waals surface area contributed by atoms with E-state index in [1.807, 2.05) is 0 Å². The average Bonchev–Trinajstić information content (AvgIpc) is 2.97. The Labute approximate surface area is 156 Å². The second-order valence-electron chi connectivity index (χ2n) is 7.05. The van der Waals surface area contributed by atoms with Crippen molar-refractivity contribution in [2.75, 3.05) is 7.11 Å². The van der Waals surface area contributed by atoms with Gasteiger partial charge in [0, 0.05) is 19.3 Å². The van der Waals surface area contributed by atoms with Crippen molar-refractivity contribution in [3.8, 4) is 0 Å². The highest BCUT2D eigenvalue weighted by Gasteiger charge is 2.35. The Morgan fingerprint density at radius 1 is 1.30 bits per heavy atom. The first kappa shape index (κ1) is 19.4. The van der Waals surface area contributed by atoms with Crippen LogP contribution in [0.2, 0.25) is 0 Å². The fourth-order valence-corrected chi connectivity index (χ4v) is 3.56. The van der Waals surface area contributed by atoms with Gasteiger partial charge in [0.2, 0.25) is 0 Å². The van der Waals surface area contributed by atoms with Crippen LogP contribution in [0, 0.1) is 5.92 Å². The van der Waals surface area contributed by atoms with Crippen LogP contribution in [0.15, 0.2) is 36.5 Å². The van der Waals surface area contributed by atoms with Crippen molar-refractivity contribution in [3.05, 3.63) is 64.5 Å². The second-order valence-corrected chi connectivity index (χ2v) is 7.05. The molecule has 0 saturated heterocycles. The van der Waals surface area contributed by atoms with E-state index in [0.717, 1.165) is 29.0 Å². The van der Waals surface area contributed by atoms with E-state index in [4.69, 9.17) is 4.74 Å². The molecule has 27 heavy (non-hydrogen) atoms. The highest BCUT2D eigenvalue weighted by molar-refractivity contribution is 5.89. The summed E-state index contributed by atoms with van der Waals surface area (Å²) in [4.78, 5) is 18.4. The molecule has 1 aromatic heterocycles. The topological polar surface area (TPSA) is 42.4 Å². The van der Waals surface area contributed by atoms with E-state index in [2.05, 4.69) is 23.7 Å². The van der Waals surface area contributed by atoms with Crippen LogP contribution >= 0.6 is 0 Å². The molecule has 2 aromatic rings. The Kier molecular flexibility index (Phi) is 5.24. The molecule has 0 fully saturated rings. The van der Waals surface area contributed by atoms with Crippen molar-refractivity contribution in [1.29, 1.82) is 0 Å². The zero-order valence-corrected chi connectivity index (χ0v) is 15.4. The summed E-state index contributed by atoms with van der Waals surface area (Å²) in [6, 6.07) is 7.06. The number of carbonyl (C=O) groups excluding carboxylic acids is 1. The largest absolute Gasteiger partial charge is 0.465 e. The third-order valence-electron chi connectivity index (χ3n) is 4.77. The van der Waals surface area contributed by atoms with Crippen LogP contribution in [0.3, 0.4) is 0 Å². The van der Waals surface area contributed by atoms with Gasteiger partial charge in [0.1, 0.15) is 0 Å². The van der Waals surface area contributed by atoms with Crippen LogP contribution in [-0.4, -0.2) is 23.0 Å². The average molecular weight is 378 g/mol. The fourth-order valence-electron chi connectivity index (χ4n) is 3.56. The first-order valence-electron chi connectivity index (χ1n) is 8.68. The lowest BCUT2D eigenvalue weighted by atomic mass is 9.99. The minimum atomic E-state index is -4.34. The van der Waals surface area contributed by atoms with Crippen molar-refractivity contribution >= 4 is 5.97 Å². The first-order chi connectivity index (χ1) is 12.7. The SMILES string of the molecule is COC(=O)c1cnc2c(c1)CN(Cc1ccc(C(F)(F)F)cc1)C2C(C)C. The van der Waals surface area contributed by atoms with Crippen LogP contribution in [0.4, 0.5) is 13.2 Å². The summed E-state index contributed by atoms with van der Waals surface area (Å²) < 4.78 is 43.0. The van der Waals surface area contributed by atoms with Gasteiger partial charge in [0.15, 0.2) is 0 Å². The summed E-state index contributed by atoms with van der Waals surface area (Å²) in [5.74, 6) is -0.176. The van der Waals surface area contributed by atoms with E-state index in [-0.39, 0.29) is 12.0 Å². The van der Waals surface area contributed by atoms with Crippen molar-refractivity contribution in [3.63, 3.8) is 0 Å². The fraction of sp³-hybridized carbons (Fsp3) is 0.400. The smallest absolute Gasteiger partial charge is 0.416 e. The summed E-state index contributed by atoms with van der Waals surface area (Å²) in [6.45, 7) is 5.24. The number of hydrogen-bond donors (Lipinski definition) is 0. The number of hydrogen-bond acceptors (Lipinski definition) is 4. The molecule has 0 radical (unpaired) electrons. The van der Waals surface area contributed by atoms with E-state index < -0.39 is 17.7 Å². The number of nitrogens with zero attached hydrogens (tertiary/aromatic N) is 2. The quantitative estimate of drug-likeness (QED) is 0.730. The maximum Gasteiger partial charge on any atom is 0.416 e. The van der Waals surface area contributed by atoms with Crippen LogP contribution in [0.25, 0.3) is 0 Å². The molecule has 0 amide bonds. The maximum absolute atomic E-state index is 12.7. The Hall–Kier alpha value is -2.41. The summed E-state index contributed by atoms with van der Waals surface area (Å²) in [7, 11) is 1.32. The van der Waals surface area contributed by atoms with Crippen molar-refractivity contribution in [1.82, 2.24) is 9.88 Å². The number of methoxy groups -OCH3 is 1. The molecule has 0 saturated carbocycles. The van der Waals surface area contributed by atoms with Crippen molar-refractivity contribution in [2.45, 2.75) is 39.2 Å². The monoisotopic (exact) mass is 378 g/mol. The standard InChI is InChI=1S/C20H21F3N2O2/c1-12(2)18-17-15(8-14(9-24-17)19(26)27-3)11-25(18)10-13-4-6-16(7-5-13)20(21,22)23/h4-9,12,18H,10-11H2,1-3H3. The molecular weight excluding hydrogens is 357 g/mol. The first-order valence-corrected chi connectivity index (χ1v) is 8.68. The molecule has 3 rings (SSSR count). The molecule has 1 aliphatic heterocycles. The van der Waals surface area contributed by atoms with Gasteiger partial charge in [-0.15, -0.1) is 0 Å². The predicted molar refractivity (Wildman–Crippen MR) is 93.8 cm³/mol. The highest BCUT2D eigenvalue weighted by atomic mass is 19.4. The lowest BCUT2D eigenvalue weighted by Crippen LogP contribution is -2.25. The molecule has 0 aliphatic carbocycles. The van der Waals surface area contributed by atoms with Crippen LogP contribution in [0.5, 0.6) is 0 Å². The lowest BCUT2D eigenvalue weighted by Gasteiger charge is -2.27. The molecule has 7 heteroatoms. The Morgan fingerprint density at radius 3 is 2.52 bits per heavy atom. The van der Waals surface area contributed by atoms with Crippen LogP contribution in [-0.2, 0) is 24.0 Å². The molecule has 1 atom stereocenters. The van der Waals surface area contributed by atoms with Gasteiger partial charge in [-0.1, -0.05) is 26.0 Å². The third-order valence-corrected chi connectivity index (χ3v) is 4.77. The number of pyridine rings is 1. The number of carbonyl (C=O) groups is 1. The normalized spacial score (nSPS) is 17.2. The molecule has 0 spiro atoms. The maximum atomic E-state index is 12.7. The molecule has 1 aliphatic rings. The van der Waals surface area contributed by atoms with Gasteiger partial charge in [0.05, 0.1) is 30.0 Å². The predicted octanol–water partition coefficient (Wildman–Crippen LogP) is 4.60. The van der Waals surface area contributed by atoms with Gasteiger partial charge < -0.3 is 4.74 Å². The van der Waals surface area contributed by atoms with E-state index in [1.165, 1.54) is 25.4 Å². The number of rotatable bonds is 4. The van der Waals surface area contributed by atoms with Gasteiger partial charge in [-0.05, 0) is 35.2 Å². The summed E-state index contributed by atoms with van der Waals surface area (Å²) >= 11 is 0. The van der Waals surface area contributed by atoms with E-state index in [1.54, 1.807) is 6.07 Å². The summed E-state index contributed by atoms with van der Waals surface area (Å²) in [5, 5.41) is 0. The van der Waals surface area contributed by atoms with Gasteiger partial charge in [0.25, 0.3) is 0 Å². The zero-order chi connectivity index (χ0) is 19.8. The van der Waals surface area contributed by atoms with E-state index >= 15 is 0 Å². The van der Waals surface area contributed by atoms with Crippen LogP contribution < -0.4 is 0 Å². The number of esters is 1. The van der Waals surface area contributed by atoms with Crippen LogP contribution in [0.1, 0.15) is 52.6 Å². The lowest BCUT2D eigenvalue weighted by molar-refractivity contribution is -0.137. The second kappa shape index (κ2) is 7.31. The number of aromatic nitrogens is 1. The van der Waals surface area contributed by atoms with Gasteiger partial charge in [-0.3, -0.25) is 9.88 Å². The number of fused-ring (bicyclic) bond motifs is 1. The van der Waals surface area contributed by atoms with E-state index in [0.29, 0.717) is 18.7 Å². The van der Waals surface area contributed by atoms with Crippen molar-refractivity contribution < 1.29 is 22.7 Å². The van der Waals surface area contributed by atoms with E-state index in [9.17, 15) is 18.0 Å². The van der Waals surface area contributed by atoms with Gasteiger partial charge in [-0.2, -0.15) is 13.2 Å². The minimum Gasteiger partial charge on any atom is -0.465 e. The number of ether oxygens (including phenoxy) is 1. The Bertz CT molecular complexity index is 832. The van der Waals surface area contributed by atoms with Crippen molar-refractivity contribution in [2.24, 2.45) is 5.92 Å². The molecule has 144 valence electrons. The summed E-state index contributed by atoms with van der Waals surface area (Å²) in [6.07, 6.45) is -2.82. The minimum absolute atomic E-state index is 0.0361. The molecule has 4 nitrogen and oxygen atoms in total. The molecule has 2 heterocycles. The number of alkyl halides is 3. The highest BCUT2D eigenvalue weighted by Crippen LogP contribution is 2.39. The van der Waals surface area contributed by atoms with Gasteiger partial charge >= 0.3 is 12.1 Å². The third kappa shape index (κ3) is 3.98. The molecule has 1 aromatic carbocycles. The summed E-state index contributed by atoms with van der Waals surface area (Å²) in [5.41, 5.74) is 2.40. The van der Waals surface area contributed by atoms with Gasteiger partial charge in [-0.25, -0.2) is 4.79 Å². The number of halogens is 3. The molecule has 0 bridgehead atoms. The zero-order valence-electron chi connectivity index (χ0n) is 15.4. The molecule has 1 unspecified atom stereocenters. The number of benzene rings is 1. The Morgan fingerprint density at radius 2 is 1.96 bits per heavy atom. The molecule has 0 N–H and O–H groups in total. The molecular formula is C20H21F3N2O2.